The Morgan fingerprint density at radius 2 is 1.38 bits per heavy atom. The lowest BCUT2D eigenvalue weighted by molar-refractivity contribution is 0.0595. The molecule has 4 aromatic rings. The standard InChI is InChI=1S/C36H27N3O11/c1-49-35(47)24-9-5-10-26(41)30(24)32(44)31-27(42)17-21(18-28(31)43)34(46)50-29-11-6-16-39(36(48)37-22-7-3-2-4-8-22)19-25(29)38-33(45)20-12-14-23(40)15-13-20/h2-19,40-43H,1H3,(H,37,48)(H,38,45). The molecule has 1 aliphatic heterocycles. The number of aromatic hydroxyl groups is 4. The minimum Gasteiger partial charge on any atom is -0.508 e. The molecule has 4 aromatic carbocycles. The summed E-state index contributed by atoms with van der Waals surface area (Å²) in [6.45, 7) is 0. The van der Waals surface area contributed by atoms with E-state index >= 15 is 0 Å². The van der Waals surface area contributed by atoms with Crippen LogP contribution in [0.1, 0.15) is 47.0 Å². The van der Waals surface area contributed by atoms with Crippen molar-refractivity contribution in [2.75, 3.05) is 12.4 Å². The minimum atomic E-state index is -1.17. The number of ketones is 1. The number of nitrogens with zero attached hydrogens (tertiary/aromatic N) is 1. The van der Waals surface area contributed by atoms with E-state index < -0.39 is 63.6 Å². The second kappa shape index (κ2) is 14.6. The van der Waals surface area contributed by atoms with Gasteiger partial charge in [-0.1, -0.05) is 24.3 Å². The molecule has 0 aliphatic carbocycles. The second-order valence-corrected chi connectivity index (χ2v) is 10.4. The van der Waals surface area contributed by atoms with Gasteiger partial charge in [-0.2, -0.15) is 0 Å². The molecule has 252 valence electrons. The molecule has 0 radical (unpaired) electrons. The zero-order chi connectivity index (χ0) is 35.9. The zero-order valence-electron chi connectivity index (χ0n) is 26.0. The fourth-order valence-electron chi connectivity index (χ4n) is 4.69. The van der Waals surface area contributed by atoms with Crippen LogP contribution in [0.5, 0.6) is 23.0 Å². The Morgan fingerprint density at radius 1 is 0.700 bits per heavy atom. The number of esters is 2. The normalized spacial score (nSPS) is 12.1. The van der Waals surface area contributed by atoms with Gasteiger partial charge < -0.3 is 40.5 Å². The number of methoxy groups -OCH3 is 1. The molecule has 5 rings (SSSR count). The Morgan fingerprint density at radius 3 is 2.04 bits per heavy atom. The smallest absolute Gasteiger partial charge is 0.343 e. The molecule has 3 amide bonds. The maximum atomic E-state index is 13.4. The van der Waals surface area contributed by atoms with E-state index in [0.717, 1.165) is 30.2 Å². The van der Waals surface area contributed by atoms with E-state index in [1.54, 1.807) is 30.3 Å². The van der Waals surface area contributed by atoms with Crippen LogP contribution in [0.4, 0.5) is 10.5 Å². The average molecular weight is 678 g/mol. The predicted molar refractivity (Wildman–Crippen MR) is 176 cm³/mol. The lowest BCUT2D eigenvalue weighted by Gasteiger charge is -2.18. The first kappa shape index (κ1) is 34.0. The fraction of sp³-hybridized carbons (Fsp3) is 0.0278. The molecule has 50 heavy (non-hydrogen) atoms. The molecular formula is C36H27N3O11. The van der Waals surface area contributed by atoms with E-state index in [0.29, 0.717) is 5.69 Å². The third kappa shape index (κ3) is 7.44. The van der Waals surface area contributed by atoms with Crippen molar-refractivity contribution in [1.82, 2.24) is 10.2 Å². The molecule has 0 bridgehead atoms. The van der Waals surface area contributed by atoms with E-state index in [1.807, 2.05) is 0 Å². The van der Waals surface area contributed by atoms with E-state index in [1.165, 1.54) is 61.0 Å². The molecule has 6 N–H and O–H groups in total. The van der Waals surface area contributed by atoms with Crippen molar-refractivity contribution in [3.8, 4) is 23.0 Å². The van der Waals surface area contributed by atoms with Crippen LogP contribution in [-0.4, -0.2) is 62.1 Å². The van der Waals surface area contributed by atoms with Gasteiger partial charge in [-0.25, -0.2) is 14.4 Å². The van der Waals surface area contributed by atoms with Crippen LogP contribution in [-0.2, 0) is 9.47 Å². The number of amides is 3. The first-order valence-electron chi connectivity index (χ1n) is 14.6. The molecule has 0 atom stereocenters. The van der Waals surface area contributed by atoms with Crippen LogP contribution >= 0.6 is 0 Å². The summed E-state index contributed by atoms with van der Waals surface area (Å²) in [6.07, 6.45) is 5.12. The fourth-order valence-corrected chi connectivity index (χ4v) is 4.69. The first-order valence-corrected chi connectivity index (χ1v) is 14.6. The molecule has 0 saturated carbocycles. The Balaban J connectivity index is 1.44. The molecule has 1 aliphatic rings. The number of allylic oxidation sites excluding steroid dienone is 2. The number of nitrogens with one attached hydrogen (secondary N) is 2. The summed E-state index contributed by atoms with van der Waals surface area (Å²) in [5.41, 5.74) is -1.65. The highest BCUT2D eigenvalue weighted by Crippen LogP contribution is 2.35. The largest absolute Gasteiger partial charge is 0.508 e. The zero-order valence-corrected chi connectivity index (χ0v) is 26.0. The van der Waals surface area contributed by atoms with Crippen molar-refractivity contribution in [2.45, 2.75) is 0 Å². The minimum absolute atomic E-state index is 0.0820. The second-order valence-electron chi connectivity index (χ2n) is 10.4. The highest BCUT2D eigenvalue weighted by Gasteiger charge is 2.29. The Kier molecular flexibility index (Phi) is 9.93. The topological polar surface area (TPSA) is 212 Å². The van der Waals surface area contributed by atoms with E-state index in [2.05, 4.69) is 15.4 Å². The van der Waals surface area contributed by atoms with Crippen molar-refractivity contribution in [3.63, 3.8) is 0 Å². The van der Waals surface area contributed by atoms with E-state index in [4.69, 9.17) is 4.74 Å². The van der Waals surface area contributed by atoms with Crippen LogP contribution in [0.25, 0.3) is 0 Å². The van der Waals surface area contributed by atoms with Crippen LogP contribution in [0.3, 0.4) is 0 Å². The molecule has 0 spiro atoms. The Bertz CT molecular complexity index is 2080. The number of carbonyl (C=O) groups excluding carboxylic acids is 5. The third-order valence-electron chi connectivity index (χ3n) is 7.10. The lowest BCUT2D eigenvalue weighted by atomic mass is 9.95. The number of benzene rings is 4. The van der Waals surface area contributed by atoms with Crippen LogP contribution in [0.2, 0.25) is 0 Å². The molecule has 0 fully saturated rings. The average Bonchev–Trinajstić information content (AvgIpc) is 3.29. The summed E-state index contributed by atoms with van der Waals surface area (Å²) >= 11 is 0. The number of rotatable bonds is 8. The monoisotopic (exact) mass is 677 g/mol. The highest BCUT2D eigenvalue weighted by atomic mass is 16.5. The summed E-state index contributed by atoms with van der Waals surface area (Å²) in [5.74, 6) is -6.75. The molecule has 1 heterocycles. The summed E-state index contributed by atoms with van der Waals surface area (Å²) in [4.78, 5) is 66.2. The van der Waals surface area contributed by atoms with Gasteiger partial charge in [-0.3, -0.25) is 14.5 Å². The van der Waals surface area contributed by atoms with Gasteiger partial charge in [0.25, 0.3) is 5.91 Å². The van der Waals surface area contributed by atoms with Gasteiger partial charge in [-0.05, 0) is 72.8 Å². The Hall–Kier alpha value is -7.35. The number of urea groups is 1. The number of anilines is 1. The van der Waals surface area contributed by atoms with Crippen molar-refractivity contribution < 1.29 is 53.9 Å². The van der Waals surface area contributed by atoms with Gasteiger partial charge in [0, 0.05) is 23.7 Å². The Labute approximate surface area is 283 Å². The molecular weight excluding hydrogens is 650 g/mol. The van der Waals surface area contributed by atoms with Crippen LogP contribution in [0, 0.1) is 0 Å². The SMILES string of the molecule is COC(=O)c1cccc(O)c1C(=O)c1c(O)cc(C(=O)OC2=CC=CN(C(=O)Nc3ccccc3)C=C2NC(=O)c2ccc(O)cc2)cc1O. The summed E-state index contributed by atoms with van der Waals surface area (Å²) in [5, 5.41) is 46.7. The van der Waals surface area contributed by atoms with Gasteiger partial charge in [0.2, 0.25) is 5.78 Å². The number of ether oxygens (including phenoxy) is 2. The number of hydrogen-bond acceptors (Lipinski definition) is 11. The van der Waals surface area contributed by atoms with Gasteiger partial charge in [0.05, 0.1) is 23.8 Å². The quantitative estimate of drug-likeness (QED) is 0.109. The van der Waals surface area contributed by atoms with Gasteiger partial charge in [0.1, 0.15) is 34.3 Å². The van der Waals surface area contributed by atoms with Crippen molar-refractivity contribution in [3.05, 3.63) is 149 Å². The number of carbonyl (C=O) groups is 5. The number of phenols is 4. The van der Waals surface area contributed by atoms with Crippen LogP contribution in [0.15, 0.2) is 121 Å². The molecule has 0 aromatic heterocycles. The van der Waals surface area contributed by atoms with E-state index in [9.17, 15) is 44.4 Å². The highest BCUT2D eigenvalue weighted by molar-refractivity contribution is 6.18. The predicted octanol–water partition coefficient (Wildman–Crippen LogP) is 4.90. The summed E-state index contributed by atoms with van der Waals surface area (Å²) in [7, 11) is 1.06. The summed E-state index contributed by atoms with van der Waals surface area (Å²) in [6, 6.07) is 18.4. The van der Waals surface area contributed by atoms with Crippen LogP contribution < -0.4 is 10.6 Å². The number of para-hydroxylation sites is 1. The number of phenolic OH excluding ortho intramolecular Hbond substituents is 4. The lowest BCUT2D eigenvalue weighted by Crippen LogP contribution is -2.30. The van der Waals surface area contributed by atoms with Crippen molar-refractivity contribution >= 4 is 35.3 Å². The molecule has 0 unspecified atom stereocenters. The molecule has 14 nitrogen and oxygen atoms in total. The molecule has 0 saturated heterocycles. The first-order chi connectivity index (χ1) is 24.0. The molecule has 14 heteroatoms. The van der Waals surface area contributed by atoms with Gasteiger partial charge >= 0.3 is 18.0 Å². The van der Waals surface area contributed by atoms with Gasteiger partial charge in [-0.15, -0.1) is 0 Å². The maximum absolute atomic E-state index is 13.4. The van der Waals surface area contributed by atoms with Crippen molar-refractivity contribution in [2.24, 2.45) is 0 Å². The number of hydrogen-bond donors (Lipinski definition) is 6. The van der Waals surface area contributed by atoms with E-state index in [-0.39, 0.29) is 28.3 Å². The van der Waals surface area contributed by atoms with Gasteiger partial charge in [0.15, 0.2) is 5.76 Å². The maximum Gasteiger partial charge on any atom is 0.343 e. The summed E-state index contributed by atoms with van der Waals surface area (Å²) < 4.78 is 10.2. The van der Waals surface area contributed by atoms with Crippen molar-refractivity contribution in [1.29, 1.82) is 0 Å². The third-order valence-corrected chi connectivity index (χ3v) is 7.10.